The standard InChI is InChI=1S/C23H25F2N5O2S/c1-13(12-29(2)3)30(4)22(32)14-8-10-15(11-9-14)27-23-28-21(26)20(33-23)19(31)18-16(24)6-5-7-17(18)25/h5-11,13H,12,26H2,1-4H3,(H,27,28). The van der Waals surface area contributed by atoms with E-state index in [1.807, 2.05) is 25.9 Å². The molecule has 0 fully saturated rings. The van der Waals surface area contributed by atoms with E-state index >= 15 is 0 Å². The average Bonchev–Trinajstić information content (AvgIpc) is 3.12. The van der Waals surface area contributed by atoms with Gasteiger partial charge in [-0.15, -0.1) is 0 Å². The van der Waals surface area contributed by atoms with Crippen LogP contribution in [0.25, 0.3) is 0 Å². The van der Waals surface area contributed by atoms with E-state index in [4.69, 9.17) is 5.73 Å². The molecule has 3 rings (SSSR count). The number of aromatic nitrogens is 1. The van der Waals surface area contributed by atoms with E-state index in [0.717, 1.165) is 30.0 Å². The highest BCUT2D eigenvalue weighted by Gasteiger charge is 2.24. The van der Waals surface area contributed by atoms with Crippen LogP contribution in [0.15, 0.2) is 42.5 Å². The van der Waals surface area contributed by atoms with Crippen LogP contribution in [0, 0.1) is 11.6 Å². The summed E-state index contributed by atoms with van der Waals surface area (Å²) >= 11 is 0.890. The second-order valence-corrected chi connectivity index (χ2v) is 8.89. The zero-order valence-corrected chi connectivity index (χ0v) is 19.5. The fourth-order valence-electron chi connectivity index (χ4n) is 3.25. The van der Waals surface area contributed by atoms with Crippen molar-refractivity contribution in [3.63, 3.8) is 0 Å². The summed E-state index contributed by atoms with van der Waals surface area (Å²) in [5.41, 5.74) is 6.30. The number of carbonyl (C=O) groups is 2. The Kier molecular flexibility index (Phi) is 7.39. The van der Waals surface area contributed by atoms with E-state index in [1.165, 1.54) is 6.07 Å². The lowest BCUT2D eigenvalue weighted by molar-refractivity contribution is 0.0722. The maximum Gasteiger partial charge on any atom is 0.253 e. The van der Waals surface area contributed by atoms with Gasteiger partial charge >= 0.3 is 0 Å². The van der Waals surface area contributed by atoms with E-state index in [-0.39, 0.29) is 27.8 Å². The highest BCUT2D eigenvalue weighted by molar-refractivity contribution is 7.18. The summed E-state index contributed by atoms with van der Waals surface area (Å²) in [5, 5.41) is 3.28. The molecule has 0 saturated heterocycles. The lowest BCUT2D eigenvalue weighted by Gasteiger charge is -2.27. The first-order chi connectivity index (χ1) is 15.6. The third-order valence-corrected chi connectivity index (χ3v) is 6.03. The van der Waals surface area contributed by atoms with Gasteiger partial charge in [0.1, 0.15) is 22.3 Å². The first kappa shape index (κ1) is 24.3. The minimum absolute atomic E-state index is 0.0406. The number of rotatable bonds is 8. The lowest BCUT2D eigenvalue weighted by Crippen LogP contribution is -2.41. The number of hydrogen-bond acceptors (Lipinski definition) is 7. The van der Waals surface area contributed by atoms with Crippen molar-refractivity contribution in [2.75, 3.05) is 38.7 Å². The Morgan fingerprint density at radius 2 is 1.70 bits per heavy atom. The third kappa shape index (κ3) is 5.52. The van der Waals surface area contributed by atoms with Crippen molar-refractivity contribution < 1.29 is 18.4 Å². The molecule has 1 aromatic heterocycles. The molecule has 0 aliphatic carbocycles. The second-order valence-electron chi connectivity index (χ2n) is 7.89. The minimum atomic E-state index is -0.965. The Morgan fingerprint density at radius 1 is 1.09 bits per heavy atom. The predicted octanol–water partition coefficient (Wildman–Crippen LogP) is 4.00. The number of anilines is 3. The summed E-state index contributed by atoms with van der Waals surface area (Å²) in [5.74, 6) is -3.03. The summed E-state index contributed by atoms with van der Waals surface area (Å²) in [7, 11) is 5.66. The van der Waals surface area contributed by atoms with Crippen LogP contribution < -0.4 is 11.1 Å². The molecule has 0 bridgehead atoms. The summed E-state index contributed by atoms with van der Waals surface area (Å²) in [6.45, 7) is 2.72. The van der Waals surface area contributed by atoms with Crippen molar-refractivity contribution in [3.05, 3.63) is 70.1 Å². The largest absolute Gasteiger partial charge is 0.382 e. The number of carbonyl (C=O) groups excluding carboxylic acids is 2. The smallest absolute Gasteiger partial charge is 0.253 e. The van der Waals surface area contributed by atoms with Crippen LogP contribution in [-0.2, 0) is 0 Å². The molecule has 1 unspecified atom stereocenters. The molecule has 0 aliphatic rings. The number of likely N-dealkylation sites (N-methyl/N-ethyl adjacent to an activating group) is 2. The Hall–Kier alpha value is -3.37. The summed E-state index contributed by atoms with van der Waals surface area (Å²) in [6.07, 6.45) is 0. The Bertz CT molecular complexity index is 1140. The van der Waals surface area contributed by atoms with Gasteiger partial charge in [0.2, 0.25) is 5.78 Å². The first-order valence-corrected chi connectivity index (χ1v) is 10.9. The zero-order chi connectivity index (χ0) is 24.3. The van der Waals surface area contributed by atoms with Crippen LogP contribution in [0.1, 0.15) is 32.5 Å². The van der Waals surface area contributed by atoms with Gasteiger partial charge < -0.3 is 20.9 Å². The van der Waals surface area contributed by atoms with Gasteiger partial charge in [-0.05, 0) is 57.4 Å². The van der Waals surface area contributed by atoms with E-state index in [2.05, 4.69) is 10.3 Å². The van der Waals surface area contributed by atoms with Crippen LogP contribution in [0.4, 0.5) is 25.4 Å². The number of nitrogens with two attached hydrogens (primary N) is 1. The molecule has 0 spiro atoms. The van der Waals surface area contributed by atoms with Crippen molar-refractivity contribution in [2.45, 2.75) is 13.0 Å². The van der Waals surface area contributed by atoms with Crippen LogP contribution in [0.2, 0.25) is 0 Å². The molecule has 0 radical (unpaired) electrons. The number of nitrogens with one attached hydrogen (secondary N) is 1. The van der Waals surface area contributed by atoms with Crippen molar-refractivity contribution in [1.29, 1.82) is 0 Å². The van der Waals surface area contributed by atoms with Crippen LogP contribution >= 0.6 is 11.3 Å². The predicted molar refractivity (Wildman–Crippen MR) is 126 cm³/mol. The number of halogens is 2. The molecule has 174 valence electrons. The summed E-state index contributed by atoms with van der Waals surface area (Å²) < 4.78 is 28.0. The highest BCUT2D eigenvalue weighted by atomic mass is 32.1. The Morgan fingerprint density at radius 3 is 2.27 bits per heavy atom. The number of amides is 1. The van der Waals surface area contributed by atoms with Gasteiger partial charge in [-0.2, -0.15) is 0 Å². The van der Waals surface area contributed by atoms with Crippen molar-refractivity contribution in [2.24, 2.45) is 0 Å². The number of nitrogen functional groups attached to an aromatic ring is 1. The first-order valence-electron chi connectivity index (χ1n) is 10.1. The SMILES string of the molecule is CC(CN(C)C)N(C)C(=O)c1ccc(Nc2nc(N)c(C(=O)c3c(F)cccc3F)s2)cc1. The molecule has 3 aromatic rings. The van der Waals surface area contributed by atoms with E-state index in [9.17, 15) is 18.4 Å². The molecule has 10 heteroatoms. The minimum Gasteiger partial charge on any atom is -0.382 e. The maximum atomic E-state index is 14.0. The van der Waals surface area contributed by atoms with Crippen LogP contribution in [0.3, 0.4) is 0 Å². The third-order valence-electron chi connectivity index (χ3n) is 5.04. The molecule has 0 aliphatic heterocycles. The Labute approximate surface area is 194 Å². The monoisotopic (exact) mass is 473 g/mol. The molecular weight excluding hydrogens is 448 g/mol. The topological polar surface area (TPSA) is 91.6 Å². The second kappa shape index (κ2) is 10.1. The van der Waals surface area contributed by atoms with E-state index < -0.39 is 23.0 Å². The highest BCUT2D eigenvalue weighted by Crippen LogP contribution is 2.31. The van der Waals surface area contributed by atoms with Gasteiger partial charge in [-0.25, -0.2) is 13.8 Å². The van der Waals surface area contributed by atoms with Crippen LogP contribution in [0.5, 0.6) is 0 Å². The normalized spacial score (nSPS) is 12.0. The molecule has 0 saturated carbocycles. The number of benzene rings is 2. The molecule has 2 aromatic carbocycles. The molecule has 1 amide bonds. The van der Waals surface area contributed by atoms with E-state index in [0.29, 0.717) is 11.3 Å². The van der Waals surface area contributed by atoms with Gasteiger partial charge in [0.05, 0.1) is 5.56 Å². The molecular formula is C23H25F2N5O2S. The van der Waals surface area contributed by atoms with Gasteiger partial charge in [-0.1, -0.05) is 17.4 Å². The number of nitrogens with zero attached hydrogens (tertiary/aromatic N) is 3. The van der Waals surface area contributed by atoms with Gasteiger partial charge in [0, 0.05) is 30.9 Å². The summed E-state index contributed by atoms with van der Waals surface area (Å²) in [6, 6.07) is 10.0. The van der Waals surface area contributed by atoms with Gasteiger partial charge in [0.25, 0.3) is 5.91 Å². The molecule has 7 nitrogen and oxygen atoms in total. The molecule has 33 heavy (non-hydrogen) atoms. The molecule has 3 N–H and O–H groups in total. The average molecular weight is 474 g/mol. The van der Waals surface area contributed by atoms with E-state index in [1.54, 1.807) is 36.2 Å². The fourth-order valence-corrected chi connectivity index (χ4v) is 4.10. The van der Waals surface area contributed by atoms with Gasteiger partial charge in [-0.3, -0.25) is 9.59 Å². The lowest BCUT2D eigenvalue weighted by atomic mass is 10.1. The number of ketones is 1. The van der Waals surface area contributed by atoms with Crippen LogP contribution in [-0.4, -0.2) is 60.2 Å². The van der Waals surface area contributed by atoms with Gasteiger partial charge in [0.15, 0.2) is 5.13 Å². The molecule has 1 atom stereocenters. The zero-order valence-electron chi connectivity index (χ0n) is 18.7. The van der Waals surface area contributed by atoms with Crippen molar-refractivity contribution in [1.82, 2.24) is 14.8 Å². The van der Waals surface area contributed by atoms with Crippen molar-refractivity contribution >= 4 is 39.7 Å². The number of thiazole rings is 1. The quantitative estimate of drug-likeness (QED) is 0.481. The fraction of sp³-hybridized carbons (Fsp3) is 0.261. The maximum absolute atomic E-state index is 14.0. The number of hydrogen-bond donors (Lipinski definition) is 2. The Balaban J connectivity index is 1.74. The summed E-state index contributed by atoms with van der Waals surface area (Å²) in [4.78, 5) is 33.1. The molecule has 1 heterocycles. The van der Waals surface area contributed by atoms with Crippen molar-refractivity contribution in [3.8, 4) is 0 Å².